The van der Waals surface area contributed by atoms with Crippen molar-refractivity contribution in [2.75, 3.05) is 38.8 Å². The highest BCUT2D eigenvalue weighted by Gasteiger charge is 2.27. The van der Waals surface area contributed by atoms with E-state index in [4.69, 9.17) is 14.2 Å². The van der Waals surface area contributed by atoms with E-state index in [9.17, 15) is 0 Å². The molecule has 22 heavy (non-hydrogen) atoms. The lowest BCUT2D eigenvalue weighted by Gasteiger charge is -2.37. The average Bonchev–Trinajstić information content (AvgIpc) is 2.95. The first kappa shape index (κ1) is 15.1. The molecule has 0 aliphatic carbocycles. The lowest BCUT2D eigenvalue weighted by atomic mass is 10.2. The molecule has 120 valence electrons. The van der Waals surface area contributed by atoms with Gasteiger partial charge in [-0.15, -0.1) is 0 Å². The molecule has 0 saturated carbocycles. The van der Waals surface area contributed by atoms with Gasteiger partial charge in [-0.1, -0.05) is 0 Å². The van der Waals surface area contributed by atoms with Gasteiger partial charge in [-0.05, 0) is 6.92 Å². The number of aromatic nitrogens is 4. The van der Waals surface area contributed by atoms with Crippen molar-refractivity contribution >= 4 is 11.6 Å². The maximum absolute atomic E-state index is 5.90. The van der Waals surface area contributed by atoms with Gasteiger partial charge < -0.3 is 19.1 Å². The molecule has 0 amide bonds. The number of hydrogen-bond acceptors (Lipinski definition) is 7. The van der Waals surface area contributed by atoms with Gasteiger partial charge in [-0.3, -0.25) is 0 Å². The van der Waals surface area contributed by atoms with Gasteiger partial charge in [0.1, 0.15) is 12.1 Å². The summed E-state index contributed by atoms with van der Waals surface area (Å²) in [5, 5.41) is 4.28. The minimum atomic E-state index is 0.0337. The molecule has 8 nitrogen and oxygen atoms in total. The molecule has 2 aromatic heterocycles. The van der Waals surface area contributed by atoms with Crippen molar-refractivity contribution in [1.82, 2.24) is 19.6 Å². The summed E-state index contributed by atoms with van der Waals surface area (Å²) in [4.78, 5) is 10.9. The van der Waals surface area contributed by atoms with Gasteiger partial charge in [0.05, 0.1) is 31.1 Å². The SMILES string of the molecule is COCc1cc(N2CC(C)OC(COC)C2)n2ncnc2n1. The van der Waals surface area contributed by atoms with Crippen LogP contribution < -0.4 is 4.90 Å². The van der Waals surface area contributed by atoms with Gasteiger partial charge in [-0.25, -0.2) is 4.98 Å². The number of nitrogens with zero attached hydrogens (tertiary/aromatic N) is 5. The summed E-state index contributed by atoms with van der Waals surface area (Å²) in [6, 6.07) is 1.99. The molecule has 1 fully saturated rings. The Morgan fingerprint density at radius 2 is 2.18 bits per heavy atom. The molecule has 0 aromatic carbocycles. The predicted molar refractivity (Wildman–Crippen MR) is 79.9 cm³/mol. The highest BCUT2D eigenvalue weighted by molar-refractivity contribution is 5.48. The summed E-state index contributed by atoms with van der Waals surface area (Å²) in [5.41, 5.74) is 0.834. The van der Waals surface area contributed by atoms with E-state index < -0.39 is 0 Å². The van der Waals surface area contributed by atoms with Crippen LogP contribution in [0, 0.1) is 0 Å². The Hall–Kier alpha value is -1.77. The zero-order valence-electron chi connectivity index (χ0n) is 13.1. The molecule has 1 aliphatic heterocycles. The molecule has 0 N–H and O–H groups in total. The standard InChI is InChI=1S/C14H21N5O3/c1-10-5-18(6-12(22-10)8-21-3)13-4-11(7-20-2)17-14-15-9-16-19(13)14/h4,9-10,12H,5-8H2,1-3H3. The van der Waals surface area contributed by atoms with Crippen molar-refractivity contribution < 1.29 is 14.2 Å². The Bertz CT molecular complexity index is 632. The number of fused-ring (bicyclic) bond motifs is 1. The first-order chi connectivity index (χ1) is 10.7. The maximum atomic E-state index is 5.90. The second-order valence-corrected chi connectivity index (χ2v) is 5.44. The van der Waals surface area contributed by atoms with E-state index >= 15 is 0 Å². The fourth-order valence-electron chi connectivity index (χ4n) is 2.80. The van der Waals surface area contributed by atoms with E-state index in [1.165, 1.54) is 6.33 Å². The zero-order valence-corrected chi connectivity index (χ0v) is 13.1. The van der Waals surface area contributed by atoms with Gasteiger partial charge in [0.2, 0.25) is 0 Å². The largest absolute Gasteiger partial charge is 0.382 e. The first-order valence-corrected chi connectivity index (χ1v) is 7.29. The minimum absolute atomic E-state index is 0.0337. The Kier molecular flexibility index (Phi) is 4.51. The molecule has 0 bridgehead atoms. The Labute approximate surface area is 129 Å². The van der Waals surface area contributed by atoms with Crippen LogP contribution in [0.4, 0.5) is 5.82 Å². The summed E-state index contributed by atoms with van der Waals surface area (Å²) in [7, 11) is 3.34. The van der Waals surface area contributed by atoms with E-state index in [2.05, 4.69) is 26.9 Å². The van der Waals surface area contributed by atoms with E-state index in [-0.39, 0.29) is 12.2 Å². The van der Waals surface area contributed by atoms with Crippen LogP contribution in [0.25, 0.3) is 5.78 Å². The summed E-state index contributed by atoms with van der Waals surface area (Å²) in [5.74, 6) is 1.53. The maximum Gasteiger partial charge on any atom is 0.254 e. The topological polar surface area (TPSA) is 74.0 Å². The monoisotopic (exact) mass is 307 g/mol. The molecule has 1 saturated heterocycles. The molecule has 2 atom stereocenters. The van der Waals surface area contributed by atoms with Crippen molar-refractivity contribution in [3.05, 3.63) is 18.1 Å². The summed E-state index contributed by atoms with van der Waals surface area (Å²) < 4.78 is 18.1. The van der Waals surface area contributed by atoms with Gasteiger partial charge in [0.15, 0.2) is 0 Å². The van der Waals surface area contributed by atoms with Gasteiger partial charge in [0, 0.05) is 33.4 Å². The quantitative estimate of drug-likeness (QED) is 0.797. The van der Waals surface area contributed by atoms with E-state index in [1.807, 2.05) is 6.07 Å². The molecular formula is C14H21N5O3. The molecule has 0 radical (unpaired) electrons. The fraction of sp³-hybridized carbons (Fsp3) is 0.643. The second kappa shape index (κ2) is 6.55. The van der Waals surface area contributed by atoms with Crippen LogP contribution in [0.1, 0.15) is 12.6 Å². The lowest BCUT2D eigenvalue weighted by Crippen LogP contribution is -2.49. The van der Waals surface area contributed by atoms with Crippen LogP contribution in [0.2, 0.25) is 0 Å². The number of morpholine rings is 1. The number of ether oxygens (including phenoxy) is 3. The minimum Gasteiger partial charge on any atom is -0.382 e. The zero-order chi connectivity index (χ0) is 15.5. The second-order valence-electron chi connectivity index (χ2n) is 5.44. The summed E-state index contributed by atoms with van der Waals surface area (Å²) >= 11 is 0. The molecule has 8 heteroatoms. The van der Waals surface area contributed by atoms with Gasteiger partial charge >= 0.3 is 0 Å². The third-order valence-corrected chi connectivity index (χ3v) is 3.58. The normalized spacial score (nSPS) is 22.4. The lowest BCUT2D eigenvalue weighted by molar-refractivity contribution is -0.0513. The van der Waals surface area contributed by atoms with Gasteiger partial charge in [-0.2, -0.15) is 14.6 Å². The van der Waals surface area contributed by atoms with Gasteiger partial charge in [0.25, 0.3) is 5.78 Å². The van der Waals surface area contributed by atoms with Crippen LogP contribution in [0.3, 0.4) is 0 Å². The van der Waals surface area contributed by atoms with Crippen LogP contribution >= 0.6 is 0 Å². The van der Waals surface area contributed by atoms with Crippen molar-refractivity contribution in [3.63, 3.8) is 0 Å². The molecule has 0 spiro atoms. The third-order valence-electron chi connectivity index (χ3n) is 3.58. The summed E-state index contributed by atoms with van der Waals surface area (Å²) in [6.07, 6.45) is 1.66. The Balaban J connectivity index is 1.95. The van der Waals surface area contributed by atoms with Crippen molar-refractivity contribution in [2.45, 2.75) is 25.7 Å². The molecule has 3 heterocycles. The predicted octanol–water partition coefficient (Wildman–Crippen LogP) is 0.511. The molecule has 2 unspecified atom stereocenters. The molecule has 3 rings (SSSR count). The molecule has 1 aliphatic rings. The van der Waals surface area contributed by atoms with E-state index in [0.717, 1.165) is 24.6 Å². The van der Waals surface area contributed by atoms with Crippen LogP contribution in [0.5, 0.6) is 0 Å². The van der Waals surface area contributed by atoms with Crippen molar-refractivity contribution in [1.29, 1.82) is 0 Å². The van der Waals surface area contributed by atoms with E-state index in [0.29, 0.717) is 19.0 Å². The number of hydrogen-bond donors (Lipinski definition) is 0. The number of anilines is 1. The molecular weight excluding hydrogens is 286 g/mol. The van der Waals surface area contributed by atoms with Crippen LogP contribution in [-0.2, 0) is 20.8 Å². The average molecular weight is 307 g/mol. The Morgan fingerprint density at radius 3 is 2.95 bits per heavy atom. The fourth-order valence-corrected chi connectivity index (χ4v) is 2.80. The molecule has 2 aromatic rings. The third kappa shape index (κ3) is 3.03. The number of methoxy groups -OCH3 is 2. The highest BCUT2D eigenvalue weighted by atomic mass is 16.5. The first-order valence-electron chi connectivity index (χ1n) is 7.29. The summed E-state index contributed by atoms with van der Waals surface area (Å²) in [6.45, 7) is 4.59. The van der Waals surface area contributed by atoms with E-state index in [1.54, 1.807) is 18.7 Å². The van der Waals surface area contributed by atoms with Crippen molar-refractivity contribution in [2.24, 2.45) is 0 Å². The highest BCUT2D eigenvalue weighted by Crippen LogP contribution is 2.22. The Morgan fingerprint density at radius 1 is 1.32 bits per heavy atom. The van der Waals surface area contributed by atoms with Crippen LogP contribution in [0.15, 0.2) is 12.4 Å². The van der Waals surface area contributed by atoms with Crippen molar-refractivity contribution in [3.8, 4) is 0 Å². The van der Waals surface area contributed by atoms with Crippen LogP contribution in [-0.4, -0.2) is 65.7 Å². The smallest absolute Gasteiger partial charge is 0.254 e. The number of rotatable bonds is 5.